The van der Waals surface area contributed by atoms with Gasteiger partial charge in [-0.1, -0.05) is 26.8 Å². The zero-order chi connectivity index (χ0) is 11.8. The molecule has 0 unspecified atom stereocenters. The lowest BCUT2D eigenvalue weighted by Gasteiger charge is -2.08. The molecular weight excluding hydrogens is 200 g/mol. The molecule has 1 N–H and O–H groups in total. The molecule has 1 aromatic heterocycles. The molecule has 0 spiro atoms. The molecule has 0 radical (unpaired) electrons. The molecule has 0 bridgehead atoms. The highest BCUT2D eigenvalue weighted by Gasteiger charge is 1.99. The van der Waals surface area contributed by atoms with Crippen molar-refractivity contribution in [2.24, 2.45) is 5.92 Å². The minimum atomic E-state index is 0.671. The molecule has 3 heteroatoms. The molecular formula is C13H22N2O. The third-order valence-corrected chi connectivity index (χ3v) is 2.28. The monoisotopic (exact) mass is 222 g/mol. The molecule has 0 saturated heterocycles. The predicted molar refractivity (Wildman–Crippen MR) is 66.6 cm³/mol. The van der Waals surface area contributed by atoms with E-state index in [9.17, 15) is 0 Å². The average Bonchev–Trinajstić information content (AvgIpc) is 2.26. The quantitative estimate of drug-likeness (QED) is 0.770. The van der Waals surface area contributed by atoms with Crippen LogP contribution in [0.4, 0.5) is 0 Å². The van der Waals surface area contributed by atoms with Gasteiger partial charge in [-0.2, -0.15) is 0 Å². The fraction of sp³-hybridized carbons (Fsp3) is 0.615. The molecule has 3 nitrogen and oxygen atoms in total. The first-order valence-electron chi connectivity index (χ1n) is 6.01. The molecule has 0 saturated carbocycles. The van der Waals surface area contributed by atoms with E-state index in [0.717, 1.165) is 37.7 Å². The average molecular weight is 222 g/mol. The number of nitrogens with zero attached hydrogens (tertiary/aromatic N) is 1. The molecule has 1 aromatic rings. The van der Waals surface area contributed by atoms with E-state index in [1.54, 1.807) is 0 Å². The molecule has 90 valence electrons. The van der Waals surface area contributed by atoms with Crippen LogP contribution in [0.5, 0.6) is 5.88 Å². The van der Waals surface area contributed by atoms with E-state index in [0.29, 0.717) is 5.92 Å². The summed E-state index contributed by atoms with van der Waals surface area (Å²) in [4.78, 5) is 4.42. The van der Waals surface area contributed by atoms with Crippen molar-refractivity contribution in [2.75, 3.05) is 13.2 Å². The Morgan fingerprint density at radius 3 is 2.88 bits per heavy atom. The summed E-state index contributed by atoms with van der Waals surface area (Å²) in [7, 11) is 0. The van der Waals surface area contributed by atoms with Crippen LogP contribution in [0, 0.1) is 5.92 Å². The van der Waals surface area contributed by atoms with Crippen LogP contribution in [0.25, 0.3) is 0 Å². The number of pyridine rings is 1. The van der Waals surface area contributed by atoms with Crippen molar-refractivity contribution in [1.82, 2.24) is 10.3 Å². The van der Waals surface area contributed by atoms with Crippen LogP contribution < -0.4 is 10.1 Å². The Labute approximate surface area is 98.2 Å². The van der Waals surface area contributed by atoms with Crippen molar-refractivity contribution in [3.63, 3.8) is 0 Å². The summed E-state index contributed by atoms with van der Waals surface area (Å²) in [6.45, 7) is 8.98. The van der Waals surface area contributed by atoms with Gasteiger partial charge in [-0.05, 0) is 24.9 Å². The summed E-state index contributed by atoms with van der Waals surface area (Å²) in [6, 6.07) is 5.91. The van der Waals surface area contributed by atoms with Gasteiger partial charge in [-0.25, -0.2) is 4.98 Å². The third kappa shape index (κ3) is 5.12. The topological polar surface area (TPSA) is 34.1 Å². The second kappa shape index (κ2) is 7.23. The minimum Gasteiger partial charge on any atom is -0.478 e. The van der Waals surface area contributed by atoms with Gasteiger partial charge >= 0.3 is 0 Å². The van der Waals surface area contributed by atoms with E-state index >= 15 is 0 Å². The molecule has 16 heavy (non-hydrogen) atoms. The van der Waals surface area contributed by atoms with Crippen LogP contribution in [0.15, 0.2) is 18.2 Å². The lowest BCUT2D eigenvalue weighted by Crippen LogP contribution is -2.13. The van der Waals surface area contributed by atoms with Crippen molar-refractivity contribution in [1.29, 1.82) is 0 Å². The number of aromatic nitrogens is 1. The van der Waals surface area contributed by atoms with Gasteiger partial charge in [0, 0.05) is 12.6 Å². The standard InChI is InChI=1S/C13H22N2O/c1-4-14-10-12-6-5-7-13(15-12)16-9-8-11(2)3/h5-7,11,14H,4,8-10H2,1-3H3. The van der Waals surface area contributed by atoms with Gasteiger partial charge in [0.25, 0.3) is 0 Å². The number of nitrogens with one attached hydrogen (secondary N) is 1. The molecule has 0 fully saturated rings. The van der Waals surface area contributed by atoms with Crippen LogP contribution in [0.3, 0.4) is 0 Å². The van der Waals surface area contributed by atoms with E-state index in [4.69, 9.17) is 4.74 Å². The van der Waals surface area contributed by atoms with Gasteiger partial charge in [0.1, 0.15) is 0 Å². The molecule has 1 rings (SSSR count). The first-order valence-corrected chi connectivity index (χ1v) is 6.01. The summed E-state index contributed by atoms with van der Waals surface area (Å²) >= 11 is 0. The Morgan fingerprint density at radius 1 is 1.38 bits per heavy atom. The molecule has 0 aliphatic rings. The van der Waals surface area contributed by atoms with Gasteiger partial charge in [-0.3, -0.25) is 0 Å². The Kier molecular flexibility index (Phi) is 5.86. The summed E-state index contributed by atoms with van der Waals surface area (Å²) in [6.07, 6.45) is 1.07. The van der Waals surface area contributed by atoms with Crippen LogP contribution in [0.2, 0.25) is 0 Å². The maximum absolute atomic E-state index is 5.60. The van der Waals surface area contributed by atoms with Crippen LogP contribution in [-0.4, -0.2) is 18.1 Å². The Morgan fingerprint density at radius 2 is 2.19 bits per heavy atom. The number of rotatable bonds is 7. The van der Waals surface area contributed by atoms with Crippen LogP contribution >= 0.6 is 0 Å². The number of ether oxygens (including phenoxy) is 1. The largest absolute Gasteiger partial charge is 0.478 e. The van der Waals surface area contributed by atoms with Gasteiger partial charge in [0.05, 0.1) is 12.3 Å². The fourth-order valence-corrected chi connectivity index (χ4v) is 1.29. The van der Waals surface area contributed by atoms with Crippen LogP contribution in [0.1, 0.15) is 32.9 Å². The van der Waals surface area contributed by atoms with Crippen molar-refractivity contribution >= 4 is 0 Å². The zero-order valence-corrected chi connectivity index (χ0v) is 10.5. The second-order valence-electron chi connectivity index (χ2n) is 4.28. The van der Waals surface area contributed by atoms with Crippen LogP contribution in [-0.2, 0) is 6.54 Å². The normalized spacial score (nSPS) is 10.8. The smallest absolute Gasteiger partial charge is 0.213 e. The molecule has 0 aliphatic carbocycles. The highest BCUT2D eigenvalue weighted by atomic mass is 16.5. The molecule has 0 aromatic carbocycles. The van der Waals surface area contributed by atoms with E-state index in [1.807, 2.05) is 18.2 Å². The molecule has 1 heterocycles. The zero-order valence-electron chi connectivity index (χ0n) is 10.5. The Bertz CT molecular complexity index is 300. The third-order valence-electron chi connectivity index (χ3n) is 2.28. The summed E-state index contributed by atoms with van der Waals surface area (Å²) < 4.78 is 5.60. The van der Waals surface area contributed by atoms with Gasteiger partial charge in [-0.15, -0.1) is 0 Å². The minimum absolute atomic E-state index is 0.671. The Hall–Kier alpha value is -1.09. The highest BCUT2D eigenvalue weighted by Crippen LogP contribution is 2.09. The van der Waals surface area contributed by atoms with Gasteiger partial charge < -0.3 is 10.1 Å². The van der Waals surface area contributed by atoms with Crippen molar-refractivity contribution in [3.8, 4) is 5.88 Å². The van der Waals surface area contributed by atoms with E-state index < -0.39 is 0 Å². The Balaban J connectivity index is 2.40. The van der Waals surface area contributed by atoms with E-state index in [1.165, 1.54) is 0 Å². The van der Waals surface area contributed by atoms with E-state index in [2.05, 4.69) is 31.1 Å². The maximum atomic E-state index is 5.60. The van der Waals surface area contributed by atoms with Gasteiger partial charge in [0.2, 0.25) is 5.88 Å². The fourth-order valence-electron chi connectivity index (χ4n) is 1.29. The maximum Gasteiger partial charge on any atom is 0.213 e. The first kappa shape index (κ1) is 13.0. The van der Waals surface area contributed by atoms with Gasteiger partial charge in [0.15, 0.2) is 0 Å². The predicted octanol–water partition coefficient (Wildman–Crippen LogP) is 2.62. The van der Waals surface area contributed by atoms with Crippen molar-refractivity contribution < 1.29 is 4.74 Å². The SMILES string of the molecule is CCNCc1cccc(OCCC(C)C)n1. The highest BCUT2D eigenvalue weighted by molar-refractivity contribution is 5.15. The number of hydrogen-bond donors (Lipinski definition) is 1. The molecule has 0 amide bonds. The number of hydrogen-bond acceptors (Lipinski definition) is 3. The first-order chi connectivity index (χ1) is 7.72. The lowest BCUT2D eigenvalue weighted by atomic mass is 10.1. The summed E-state index contributed by atoms with van der Waals surface area (Å²) in [5.41, 5.74) is 1.03. The summed E-state index contributed by atoms with van der Waals surface area (Å²) in [5, 5.41) is 3.25. The summed E-state index contributed by atoms with van der Waals surface area (Å²) in [5.74, 6) is 1.40. The molecule has 0 aliphatic heterocycles. The lowest BCUT2D eigenvalue weighted by molar-refractivity contribution is 0.278. The second-order valence-corrected chi connectivity index (χ2v) is 4.28. The molecule has 0 atom stereocenters. The van der Waals surface area contributed by atoms with Crippen molar-refractivity contribution in [2.45, 2.75) is 33.7 Å². The van der Waals surface area contributed by atoms with Crippen molar-refractivity contribution in [3.05, 3.63) is 23.9 Å². The van der Waals surface area contributed by atoms with E-state index in [-0.39, 0.29) is 0 Å².